The standard InChI is InChI=1S/C17H14Cl2N4O3S/c1-2-26-15(24)7-10-9-27-17(20-10)21-16(25)14-5-6-23(22-14)11-3-4-12(18)13(19)8-11/h3-6,8-9H,2,7H2,1H3,(H,20,21,25). The number of benzene rings is 1. The maximum atomic E-state index is 12.4. The summed E-state index contributed by atoms with van der Waals surface area (Å²) in [6.07, 6.45) is 1.70. The van der Waals surface area contributed by atoms with E-state index in [4.69, 9.17) is 27.9 Å². The number of aromatic nitrogens is 3. The molecular weight excluding hydrogens is 411 g/mol. The molecule has 10 heteroatoms. The third-order valence-electron chi connectivity index (χ3n) is 3.39. The van der Waals surface area contributed by atoms with Gasteiger partial charge < -0.3 is 4.74 Å². The molecule has 3 rings (SSSR count). The molecule has 0 spiro atoms. The van der Waals surface area contributed by atoms with Gasteiger partial charge in [0.25, 0.3) is 5.91 Å². The Bertz CT molecular complexity index is 986. The Morgan fingerprint density at radius 2 is 2.07 bits per heavy atom. The topological polar surface area (TPSA) is 86.1 Å². The van der Waals surface area contributed by atoms with Crippen LogP contribution < -0.4 is 5.32 Å². The van der Waals surface area contributed by atoms with Crippen LogP contribution in [0.15, 0.2) is 35.8 Å². The predicted octanol–water partition coefficient (Wildman–Crippen LogP) is 3.99. The molecular formula is C17H14Cl2N4O3S. The molecule has 140 valence electrons. The van der Waals surface area contributed by atoms with Gasteiger partial charge in [0.15, 0.2) is 10.8 Å². The minimum atomic E-state index is -0.411. The van der Waals surface area contributed by atoms with Crippen molar-refractivity contribution in [3.05, 3.63) is 57.3 Å². The number of halogens is 2. The molecule has 0 saturated heterocycles. The first-order valence-corrected chi connectivity index (χ1v) is 9.52. The highest BCUT2D eigenvalue weighted by Crippen LogP contribution is 2.24. The molecule has 3 aromatic rings. The zero-order valence-corrected chi connectivity index (χ0v) is 16.4. The number of ether oxygens (including phenoxy) is 1. The predicted molar refractivity (Wildman–Crippen MR) is 104 cm³/mol. The molecule has 0 atom stereocenters. The molecule has 7 nitrogen and oxygen atoms in total. The van der Waals surface area contributed by atoms with Crippen molar-refractivity contribution < 1.29 is 14.3 Å². The number of esters is 1. The number of hydrogen-bond donors (Lipinski definition) is 1. The fraction of sp³-hybridized carbons (Fsp3) is 0.176. The molecule has 0 saturated carbocycles. The molecule has 2 heterocycles. The second-order valence-corrected chi connectivity index (χ2v) is 7.00. The van der Waals surface area contributed by atoms with E-state index in [-0.39, 0.29) is 18.1 Å². The average molecular weight is 425 g/mol. The van der Waals surface area contributed by atoms with Gasteiger partial charge in [-0.25, -0.2) is 9.67 Å². The monoisotopic (exact) mass is 424 g/mol. The number of rotatable bonds is 6. The molecule has 0 bridgehead atoms. The quantitative estimate of drug-likeness (QED) is 0.604. The summed E-state index contributed by atoms with van der Waals surface area (Å²) in [5.74, 6) is -0.771. The molecule has 2 aromatic heterocycles. The summed E-state index contributed by atoms with van der Waals surface area (Å²) in [4.78, 5) is 28.0. The first kappa shape index (κ1) is 19.3. The second-order valence-electron chi connectivity index (χ2n) is 5.32. The van der Waals surface area contributed by atoms with Gasteiger partial charge in [0.05, 0.1) is 34.5 Å². The smallest absolute Gasteiger partial charge is 0.311 e. The number of carbonyl (C=O) groups excluding carboxylic acids is 2. The fourth-order valence-electron chi connectivity index (χ4n) is 2.18. The van der Waals surface area contributed by atoms with E-state index in [0.717, 1.165) is 0 Å². The highest BCUT2D eigenvalue weighted by Gasteiger charge is 2.14. The SMILES string of the molecule is CCOC(=O)Cc1csc(NC(=O)c2ccn(-c3ccc(Cl)c(Cl)c3)n2)n1. The molecule has 0 aliphatic carbocycles. The van der Waals surface area contributed by atoms with E-state index in [0.29, 0.717) is 33.2 Å². The number of nitrogens with one attached hydrogen (secondary N) is 1. The summed E-state index contributed by atoms with van der Waals surface area (Å²) in [6.45, 7) is 2.05. The van der Waals surface area contributed by atoms with Gasteiger partial charge in [0, 0.05) is 11.6 Å². The summed E-state index contributed by atoms with van der Waals surface area (Å²) in [5.41, 5.74) is 1.42. The Morgan fingerprint density at radius 3 is 2.81 bits per heavy atom. The van der Waals surface area contributed by atoms with Crippen LogP contribution in [-0.2, 0) is 16.0 Å². The Morgan fingerprint density at radius 1 is 1.26 bits per heavy atom. The number of nitrogens with zero attached hydrogens (tertiary/aromatic N) is 3. The van der Waals surface area contributed by atoms with E-state index in [2.05, 4.69) is 15.4 Å². The van der Waals surface area contributed by atoms with Gasteiger partial charge in [0.1, 0.15) is 0 Å². The van der Waals surface area contributed by atoms with Crippen molar-refractivity contribution in [1.82, 2.24) is 14.8 Å². The van der Waals surface area contributed by atoms with Crippen molar-refractivity contribution in [3.8, 4) is 5.69 Å². The van der Waals surface area contributed by atoms with Crippen molar-refractivity contribution in [3.63, 3.8) is 0 Å². The Labute approximate surface area is 168 Å². The van der Waals surface area contributed by atoms with E-state index in [1.54, 1.807) is 42.8 Å². The van der Waals surface area contributed by atoms with E-state index in [1.165, 1.54) is 16.0 Å². The van der Waals surface area contributed by atoms with E-state index < -0.39 is 5.91 Å². The van der Waals surface area contributed by atoms with Crippen LogP contribution in [0.25, 0.3) is 5.69 Å². The van der Waals surface area contributed by atoms with Gasteiger partial charge >= 0.3 is 5.97 Å². The number of thiazole rings is 1. The van der Waals surface area contributed by atoms with Gasteiger partial charge in [0.2, 0.25) is 0 Å². The summed E-state index contributed by atoms with van der Waals surface area (Å²) < 4.78 is 6.39. The van der Waals surface area contributed by atoms with Gasteiger partial charge in [-0.3, -0.25) is 14.9 Å². The van der Waals surface area contributed by atoms with Crippen LogP contribution in [0.1, 0.15) is 23.1 Å². The highest BCUT2D eigenvalue weighted by molar-refractivity contribution is 7.14. The average Bonchev–Trinajstić information content (AvgIpc) is 3.27. The lowest BCUT2D eigenvalue weighted by Crippen LogP contribution is -2.13. The van der Waals surface area contributed by atoms with E-state index >= 15 is 0 Å². The van der Waals surface area contributed by atoms with Crippen LogP contribution in [0.2, 0.25) is 10.0 Å². The van der Waals surface area contributed by atoms with Crippen LogP contribution in [-0.4, -0.2) is 33.2 Å². The van der Waals surface area contributed by atoms with Crippen molar-refractivity contribution in [2.45, 2.75) is 13.3 Å². The van der Waals surface area contributed by atoms with Crippen molar-refractivity contribution in [1.29, 1.82) is 0 Å². The van der Waals surface area contributed by atoms with Crippen LogP contribution in [0.5, 0.6) is 0 Å². The second kappa shape index (κ2) is 8.51. The molecule has 1 aromatic carbocycles. The molecule has 0 fully saturated rings. The number of amides is 1. The Balaban J connectivity index is 1.67. The molecule has 1 amide bonds. The molecule has 0 aliphatic rings. The third kappa shape index (κ3) is 4.85. The molecule has 27 heavy (non-hydrogen) atoms. The van der Waals surface area contributed by atoms with Gasteiger partial charge in [-0.05, 0) is 31.2 Å². The highest BCUT2D eigenvalue weighted by atomic mass is 35.5. The van der Waals surface area contributed by atoms with Gasteiger partial charge in [-0.15, -0.1) is 11.3 Å². The Kier molecular flexibility index (Phi) is 6.10. The van der Waals surface area contributed by atoms with Crippen molar-refractivity contribution in [2.75, 3.05) is 11.9 Å². The Hall–Kier alpha value is -2.42. The van der Waals surface area contributed by atoms with Gasteiger partial charge in [-0.2, -0.15) is 5.10 Å². The maximum Gasteiger partial charge on any atom is 0.311 e. The minimum absolute atomic E-state index is 0.0617. The number of hydrogen-bond acceptors (Lipinski definition) is 6. The molecule has 0 unspecified atom stereocenters. The molecule has 1 N–H and O–H groups in total. The lowest BCUT2D eigenvalue weighted by molar-refractivity contribution is -0.142. The lowest BCUT2D eigenvalue weighted by atomic mass is 10.3. The van der Waals surface area contributed by atoms with Crippen molar-refractivity contribution >= 4 is 51.5 Å². The first-order chi connectivity index (χ1) is 13.0. The summed E-state index contributed by atoms with van der Waals surface area (Å²) in [6, 6.07) is 6.62. The van der Waals surface area contributed by atoms with Crippen LogP contribution >= 0.6 is 34.5 Å². The van der Waals surface area contributed by atoms with Crippen molar-refractivity contribution in [2.24, 2.45) is 0 Å². The summed E-state index contributed by atoms with van der Waals surface area (Å²) in [5, 5.41) is 9.80. The van der Waals surface area contributed by atoms with Crippen LogP contribution in [0.3, 0.4) is 0 Å². The van der Waals surface area contributed by atoms with E-state index in [9.17, 15) is 9.59 Å². The third-order valence-corrected chi connectivity index (χ3v) is 4.94. The largest absolute Gasteiger partial charge is 0.466 e. The van der Waals surface area contributed by atoms with Crippen LogP contribution in [0, 0.1) is 0 Å². The zero-order valence-electron chi connectivity index (χ0n) is 14.1. The fourth-order valence-corrected chi connectivity index (χ4v) is 3.18. The minimum Gasteiger partial charge on any atom is -0.466 e. The van der Waals surface area contributed by atoms with Gasteiger partial charge in [-0.1, -0.05) is 23.2 Å². The lowest BCUT2D eigenvalue weighted by Gasteiger charge is -2.03. The normalized spacial score (nSPS) is 10.6. The summed E-state index contributed by atoms with van der Waals surface area (Å²) in [7, 11) is 0. The zero-order chi connectivity index (χ0) is 19.4. The number of carbonyl (C=O) groups is 2. The molecule has 0 aliphatic heterocycles. The number of anilines is 1. The van der Waals surface area contributed by atoms with Crippen LogP contribution in [0.4, 0.5) is 5.13 Å². The maximum absolute atomic E-state index is 12.4. The first-order valence-electron chi connectivity index (χ1n) is 7.88. The summed E-state index contributed by atoms with van der Waals surface area (Å²) >= 11 is 13.1. The molecule has 0 radical (unpaired) electrons. The van der Waals surface area contributed by atoms with E-state index in [1.807, 2.05) is 0 Å².